The Bertz CT molecular complexity index is 517. The zero-order valence-electron chi connectivity index (χ0n) is 10.6. The molecule has 2 nitrogen and oxygen atoms in total. The second kappa shape index (κ2) is 6.93. The molecule has 1 aromatic heterocycles. The number of halogens is 1. The van der Waals surface area contributed by atoms with Gasteiger partial charge in [-0.2, -0.15) is 0 Å². The van der Waals surface area contributed by atoms with Gasteiger partial charge in [0.25, 0.3) is 0 Å². The molecule has 0 aliphatic carbocycles. The normalized spacial score (nSPS) is 9.63. The lowest BCUT2D eigenvalue weighted by molar-refractivity contribution is 0.304. The van der Waals surface area contributed by atoms with Gasteiger partial charge in [-0.3, -0.25) is 4.98 Å². The fourth-order valence-corrected chi connectivity index (χ4v) is 1.72. The highest BCUT2D eigenvalue weighted by Gasteiger charge is 2.10. The van der Waals surface area contributed by atoms with E-state index in [2.05, 4.69) is 4.98 Å². The Balaban J connectivity index is 0.00000180. The van der Waals surface area contributed by atoms with Crippen LogP contribution in [0.4, 0.5) is 4.39 Å². The summed E-state index contributed by atoms with van der Waals surface area (Å²) >= 11 is 0. The predicted octanol–water partition coefficient (Wildman–Crippen LogP) is 3.40. The third kappa shape index (κ3) is 4.09. The van der Waals surface area contributed by atoms with Crippen molar-refractivity contribution in [3.8, 4) is 5.75 Å². The highest BCUT2D eigenvalue weighted by Crippen LogP contribution is 2.13. The van der Waals surface area contributed by atoms with Gasteiger partial charge in [0.05, 0.1) is 0 Å². The number of benzene rings is 1. The smallest absolute Gasteiger partial charge is 0.173 e. The molecule has 0 spiro atoms. The Labute approximate surface area is 114 Å². The molecule has 2 rings (SSSR count). The average Bonchev–Trinajstić information content (AvgIpc) is 2.37. The summed E-state index contributed by atoms with van der Waals surface area (Å²) in [4.78, 5) is 4.00. The van der Waals surface area contributed by atoms with Crippen LogP contribution in [-0.4, -0.2) is 11.7 Å². The minimum Gasteiger partial charge on any atom is -0.489 e. The molecule has 2 aromatic rings. The summed E-state index contributed by atoms with van der Waals surface area (Å²) in [5, 5.41) is 0. The molecule has 0 bridgehead atoms. The summed E-state index contributed by atoms with van der Waals surface area (Å²) in [5.41, 5.74) is 1.68. The Morgan fingerprint density at radius 2 is 2.05 bits per heavy atom. The summed E-state index contributed by atoms with van der Waals surface area (Å²) in [6, 6.07) is 8.78. The number of pyridine rings is 1. The van der Waals surface area contributed by atoms with Crippen LogP contribution in [-0.2, 0) is 6.61 Å². The van der Waals surface area contributed by atoms with Crippen molar-refractivity contribution in [3.63, 3.8) is 0 Å². The van der Waals surface area contributed by atoms with Crippen molar-refractivity contribution in [3.05, 3.63) is 54.1 Å². The second-order valence-corrected chi connectivity index (χ2v) is 4.49. The molecule has 0 fully saturated rings. The van der Waals surface area contributed by atoms with Gasteiger partial charge in [-0.15, -0.1) is 0 Å². The lowest BCUT2D eigenvalue weighted by Crippen LogP contribution is -2.25. The van der Waals surface area contributed by atoms with Crippen molar-refractivity contribution in [2.24, 2.45) is 0 Å². The fraction of sp³-hybridized carbons (Fsp3) is 0.267. The van der Waals surface area contributed by atoms with Crippen LogP contribution in [0.3, 0.4) is 0 Å². The van der Waals surface area contributed by atoms with Gasteiger partial charge < -0.3 is 4.74 Å². The molecule has 0 saturated carbocycles. The van der Waals surface area contributed by atoms with Crippen molar-refractivity contribution in [2.75, 3.05) is 0 Å². The molecular weight excluding hydrogens is 240 g/mol. The van der Waals surface area contributed by atoms with Crippen molar-refractivity contribution in [2.45, 2.75) is 27.7 Å². The Hall–Kier alpha value is -1.84. The molecule has 0 amide bonds. The minimum atomic E-state index is -0.214. The van der Waals surface area contributed by atoms with Crippen molar-refractivity contribution < 1.29 is 9.13 Å². The standard InChI is InChI=1S/C14H15BFNO.CH4/c1-15(2)13-6-5-12(8-14(13)16)18-10-11-4-3-7-17-9-11;/h3-9H,10H2,1-2H3;1H4. The highest BCUT2D eigenvalue weighted by molar-refractivity contribution is 6.70. The third-order valence-corrected chi connectivity index (χ3v) is 2.72. The first-order valence-corrected chi connectivity index (χ1v) is 5.98. The van der Waals surface area contributed by atoms with E-state index in [1.807, 2.05) is 25.8 Å². The van der Waals surface area contributed by atoms with E-state index in [-0.39, 0.29) is 20.0 Å². The molecule has 0 radical (unpaired) electrons. The van der Waals surface area contributed by atoms with Gasteiger partial charge in [0.2, 0.25) is 0 Å². The van der Waals surface area contributed by atoms with E-state index in [1.54, 1.807) is 24.5 Å². The lowest BCUT2D eigenvalue weighted by atomic mass is 9.49. The third-order valence-electron chi connectivity index (χ3n) is 2.72. The summed E-state index contributed by atoms with van der Waals surface area (Å²) in [6.07, 6.45) is 3.44. The molecule has 19 heavy (non-hydrogen) atoms. The average molecular weight is 259 g/mol. The molecular formula is C15H19BFNO. The molecule has 0 atom stereocenters. The SMILES string of the molecule is C.CB(C)c1ccc(OCc2cccnc2)cc1F. The van der Waals surface area contributed by atoms with Gasteiger partial charge in [-0.25, -0.2) is 4.39 Å². The van der Waals surface area contributed by atoms with Crippen LogP contribution in [0.2, 0.25) is 13.6 Å². The maximum Gasteiger partial charge on any atom is 0.173 e. The van der Waals surface area contributed by atoms with Gasteiger partial charge in [0.1, 0.15) is 18.2 Å². The van der Waals surface area contributed by atoms with Gasteiger partial charge in [-0.05, 0) is 17.6 Å². The first-order chi connectivity index (χ1) is 8.66. The number of nitrogens with zero attached hydrogens (tertiary/aromatic N) is 1. The van der Waals surface area contributed by atoms with E-state index in [4.69, 9.17) is 4.74 Å². The van der Waals surface area contributed by atoms with Crippen LogP contribution in [0.1, 0.15) is 13.0 Å². The number of rotatable bonds is 4. The quantitative estimate of drug-likeness (QED) is 0.785. The Morgan fingerprint density at radius 1 is 1.26 bits per heavy atom. The summed E-state index contributed by atoms with van der Waals surface area (Å²) in [5.74, 6) is 0.328. The minimum absolute atomic E-state index is 0. The van der Waals surface area contributed by atoms with Crippen LogP contribution >= 0.6 is 0 Å². The van der Waals surface area contributed by atoms with E-state index in [0.29, 0.717) is 17.8 Å². The van der Waals surface area contributed by atoms with E-state index >= 15 is 0 Å². The van der Waals surface area contributed by atoms with E-state index in [0.717, 1.165) is 5.56 Å². The van der Waals surface area contributed by atoms with Gasteiger partial charge in [0, 0.05) is 24.0 Å². The molecule has 0 unspecified atom stereocenters. The van der Waals surface area contributed by atoms with Crippen LogP contribution in [0, 0.1) is 5.82 Å². The molecule has 0 aliphatic rings. The topological polar surface area (TPSA) is 22.1 Å². The summed E-state index contributed by atoms with van der Waals surface area (Å²) in [7, 11) is 0. The Morgan fingerprint density at radius 3 is 2.63 bits per heavy atom. The van der Waals surface area contributed by atoms with E-state index < -0.39 is 0 Å². The zero-order chi connectivity index (χ0) is 13.0. The largest absolute Gasteiger partial charge is 0.489 e. The molecule has 1 aromatic carbocycles. The maximum absolute atomic E-state index is 13.7. The van der Waals surface area contributed by atoms with Crippen LogP contribution in [0.15, 0.2) is 42.7 Å². The molecule has 0 saturated heterocycles. The number of hydrogen-bond donors (Lipinski definition) is 0. The number of ether oxygens (including phenoxy) is 1. The number of aromatic nitrogens is 1. The van der Waals surface area contributed by atoms with Gasteiger partial charge in [-0.1, -0.05) is 33.2 Å². The van der Waals surface area contributed by atoms with Gasteiger partial charge in [0.15, 0.2) is 6.71 Å². The molecule has 100 valence electrons. The Kier molecular flexibility index (Phi) is 5.55. The summed E-state index contributed by atoms with van der Waals surface area (Å²) < 4.78 is 19.3. The predicted molar refractivity (Wildman–Crippen MR) is 78.8 cm³/mol. The van der Waals surface area contributed by atoms with Crippen molar-refractivity contribution >= 4 is 12.2 Å². The zero-order valence-corrected chi connectivity index (χ0v) is 10.6. The van der Waals surface area contributed by atoms with Crippen LogP contribution in [0.25, 0.3) is 0 Å². The maximum atomic E-state index is 13.7. The number of hydrogen-bond acceptors (Lipinski definition) is 2. The molecule has 1 heterocycles. The van der Waals surface area contributed by atoms with Crippen molar-refractivity contribution in [1.29, 1.82) is 0 Å². The van der Waals surface area contributed by atoms with Crippen molar-refractivity contribution in [1.82, 2.24) is 4.98 Å². The monoisotopic (exact) mass is 259 g/mol. The lowest BCUT2D eigenvalue weighted by Gasteiger charge is -2.09. The fourth-order valence-electron chi connectivity index (χ4n) is 1.72. The molecule has 4 heteroatoms. The van der Waals surface area contributed by atoms with E-state index in [1.165, 1.54) is 6.07 Å². The van der Waals surface area contributed by atoms with Crippen LogP contribution in [0.5, 0.6) is 5.75 Å². The van der Waals surface area contributed by atoms with E-state index in [9.17, 15) is 4.39 Å². The molecule has 0 N–H and O–H groups in total. The first-order valence-electron chi connectivity index (χ1n) is 5.98. The molecule has 0 aliphatic heterocycles. The highest BCUT2D eigenvalue weighted by atomic mass is 19.1. The second-order valence-electron chi connectivity index (χ2n) is 4.49. The van der Waals surface area contributed by atoms with Gasteiger partial charge >= 0.3 is 0 Å². The van der Waals surface area contributed by atoms with Crippen LogP contribution < -0.4 is 10.2 Å². The summed E-state index contributed by atoms with van der Waals surface area (Å²) in [6.45, 7) is 4.51. The first kappa shape index (κ1) is 15.2.